The minimum atomic E-state index is -2.92. The van der Waals surface area contributed by atoms with Gasteiger partial charge in [-0.1, -0.05) is 18.2 Å². The second-order valence-corrected chi connectivity index (χ2v) is 4.97. The molecule has 8 heteroatoms. The molecule has 0 aliphatic rings. The van der Waals surface area contributed by atoms with Crippen molar-refractivity contribution in [3.8, 4) is 5.75 Å². The highest BCUT2D eigenvalue weighted by Crippen LogP contribution is 2.26. The Kier molecular flexibility index (Phi) is 7.38. The molecule has 0 bridgehead atoms. The van der Waals surface area contributed by atoms with Crippen molar-refractivity contribution in [1.82, 2.24) is 10.3 Å². The van der Waals surface area contributed by atoms with Crippen molar-refractivity contribution >= 4 is 24.0 Å². The Hall–Kier alpha value is -2.41. The third kappa shape index (κ3) is 5.66. The van der Waals surface area contributed by atoms with Crippen LogP contribution < -0.4 is 15.8 Å². The fourth-order valence-electron chi connectivity index (χ4n) is 2.12. The van der Waals surface area contributed by atoms with Gasteiger partial charge in [0.25, 0.3) is 0 Å². The molecule has 0 aliphatic heterocycles. The molecule has 0 aliphatic carbocycles. The Morgan fingerprint density at radius 2 is 2.00 bits per heavy atom. The number of nitrogens with zero attached hydrogens (tertiary/aromatic N) is 1. The van der Waals surface area contributed by atoms with Crippen LogP contribution in [-0.4, -0.2) is 17.5 Å². The summed E-state index contributed by atoms with van der Waals surface area (Å²) in [6.45, 7) is -1.22. The van der Waals surface area contributed by atoms with Crippen molar-refractivity contribution in [1.29, 1.82) is 0 Å². The lowest BCUT2D eigenvalue weighted by atomic mass is 10.1. The van der Waals surface area contributed by atoms with E-state index in [0.29, 0.717) is 16.9 Å². The molecule has 130 valence electrons. The van der Waals surface area contributed by atoms with Gasteiger partial charge in [0.1, 0.15) is 5.75 Å². The van der Waals surface area contributed by atoms with Gasteiger partial charge in [0, 0.05) is 11.3 Å². The highest BCUT2D eigenvalue weighted by atomic mass is 35.5. The SMILES string of the molecule is CC(NC(=O)Cc1ccc(N)cn1)c1ccccc1OC(F)F.Cl. The predicted octanol–water partition coefficient (Wildman–Crippen LogP) is 3.11. The first-order valence-electron chi connectivity index (χ1n) is 6.99. The van der Waals surface area contributed by atoms with Crippen LogP contribution >= 0.6 is 12.4 Å². The fraction of sp³-hybridized carbons (Fsp3) is 0.250. The minimum absolute atomic E-state index is 0. The molecule has 1 atom stereocenters. The van der Waals surface area contributed by atoms with Crippen LogP contribution in [0.2, 0.25) is 0 Å². The summed E-state index contributed by atoms with van der Waals surface area (Å²) in [6.07, 6.45) is 1.54. The van der Waals surface area contributed by atoms with Crippen molar-refractivity contribution < 1.29 is 18.3 Å². The monoisotopic (exact) mass is 357 g/mol. The summed E-state index contributed by atoms with van der Waals surface area (Å²) >= 11 is 0. The number of rotatable bonds is 6. The first kappa shape index (κ1) is 19.6. The number of alkyl halides is 2. The quantitative estimate of drug-likeness (QED) is 0.832. The first-order valence-corrected chi connectivity index (χ1v) is 6.99. The standard InChI is InChI=1S/C16H17F2N3O2.ClH/c1-10(13-4-2-3-5-14(13)23-16(17)18)21-15(22)8-12-7-6-11(19)9-20-12;/h2-7,9-10,16H,8,19H2,1H3,(H,21,22);1H. The Balaban J connectivity index is 0.00000288. The normalized spacial score (nSPS) is 11.5. The Labute approximate surface area is 144 Å². The number of anilines is 1. The number of hydrogen-bond acceptors (Lipinski definition) is 4. The van der Waals surface area contributed by atoms with Crippen molar-refractivity contribution in [3.63, 3.8) is 0 Å². The third-order valence-electron chi connectivity index (χ3n) is 3.17. The highest BCUT2D eigenvalue weighted by Gasteiger charge is 2.16. The molecule has 0 saturated carbocycles. The van der Waals surface area contributed by atoms with Crippen molar-refractivity contribution in [3.05, 3.63) is 53.9 Å². The van der Waals surface area contributed by atoms with Gasteiger partial charge in [-0.25, -0.2) is 0 Å². The van der Waals surface area contributed by atoms with E-state index < -0.39 is 12.7 Å². The molecule has 0 saturated heterocycles. The third-order valence-corrected chi connectivity index (χ3v) is 3.17. The molecule has 0 fully saturated rings. The van der Waals surface area contributed by atoms with Gasteiger partial charge in [-0.15, -0.1) is 12.4 Å². The van der Waals surface area contributed by atoms with Gasteiger partial charge >= 0.3 is 6.61 Å². The number of carbonyl (C=O) groups excluding carboxylic acids is 1. The van der Waals surface area contributed by atoms with Gasteiger partial charge in [0.05, 0.1) is 24.3 Å². The second kappa shape index (κ2) is 9.02. The van der Waals surface area contributed by atoms with Crippen LogP contribution in [0.3, 0.4) is 0 Å². The molecule has 2 aromatic rings. The predicted molar refractivity (Wildman–Crippen MR) is 89.2 cm³/mol. The zero-order valence-electron chi connectivity index (χ0n) is 12.9. The van der Waals surface area contributed by atoms with Crippen LogP contribution in [0.4, 0.5) is 14.5 Å². The zero-order chi connectivity index (χ0) is 16.8. The van der Waals surface area contributed by atoms with E-state index in [1.54, 1.807) is 37.3 Å². The average Bonchev–Trinajstić information content (AvgIpc) is 2.49. The Bertz CT molecular complexity index is 669. The number of nitrogens with two attached hydrogens (primary N) is 1. The summed E-state index contributed by atoms with van der Waals surface area (Å²) in [5.74, 6) is -0.234. The van der Waals surface area contributed by atoms with Gasteiger partial charge < -0.3 is 15.8 Å². The number of pyridine rings is 1. The molecule has 3 N–H and O–H groups in total. The first-order chi connectivity index (χ1) is 11.0. The van der Waals surface area contributed by atoms with Gasteiger partial charge in [0.2, 0.25) is 5.91 Å². The van der Waals surface area contributed by atoms with E-state index in [2.05, 4.69) is 15.0 Å². The van der Waals surface area contributed by atoms with E-state index >= 15 is 0 Å². The van der Waals surface area contributed by atoms with Gasteiger partial charge in [-0.05, 0) is 25.1 Å². The van der Waals surface area contributed by atoms with Crippen LogP contribution in [0.1, 0.15) is 24.2 Å². The summed E-state index contributed by atoms with van der Waals surface area (Å²) in [7, 11) is 0. The highest BCUT2D eigenvalue weighted by molar-refractivity contribution is 5.85. The lowest BCUT2D eigenvalue weighted by molar-refractivity contribution is -0.121. The number of ether oxygens (including phenoxy) is 1. The van der Waals surface area contributed by atoms with Gasteiger partial charge in [-0.2, -0.15) is 8.78 Å². The van der Waals surface area contributed by atoms with Crippen LogP contribution in [0.25, 0.3) is 0 Å². The largest absolute Gasteiger partial charge is 0.434 e. The number of aromatic nitrogens is 1. The van der Waals surface area contributed by atoms with E-state index in [4.69, 9.17) is 5.73 Å². The molecule has 5 nitrogen and oxygen atoms in total. The summed E-state index contributed by atoms with van der Waals surface area (Å²) in [4.78, 5) is 16.1. The summed E-state index contributed by atoms with van der Waals surface area (Å²) in [5.41, 5.74) is 7.10. The Morgan fingerprint density at radius 3 is 2.62 bits per heavy atom. The fourth-order valence-corrected chi connectivity index (χ4v) is 2.12. The lowest BCUT2D eigenvalue weighted by Crippen LogP contribution is -2.28. The van der Waals surface area contributed by atoms with Crippen molar-refractivity contribution in [2.45, 2.75) is 26.0 Å². The number of benzene rings is 1. The number of hydrogen-bond donors (Lipinski definition) is 2. The van der Waals surface area contributed by atoms with Crippen molar-refractivity contribution in [2.24, 2.45) is 0 Å². The number of para-hydroxylation sites is 1. The molecule has 1 unspecified atom stereocenters. The Morgan fingerprint density at radius 1 is 1.29 bits per heavy atom. The van der Waals surface area contributed by atoms with E-state index in [-0.39, 0.29) is 30.5 Å². The number of nitrogens with one attached hydrogen (secondary N) is 1. The zero-order valence-corrected chi connectivity index (χ0v) is 13.7. The number of amides is 1. The smallest absolute Gasteiger partial charge is 0.387 e. The molecular weight excluding hydrogens is 340 g/mol. The van der Waals surface area contributed by atoms with E-state index in [0.717, 1.165) is 0 Å². The summed E-state index contributed by atoms with van der Waals surface area (Å²) in [5, 5.41) is 2.74. The van der Waals surface area contributed by atoms with Crippen LogP contribution in [-0.2, 0) is 11.2 Å². The molecule has 2 rings (SSSR count). The number of carbonyl (C=O) groups is 1. The number of nitrogen functional groups attached to an aromatic ring is 1. The molecule has 24 heavy (non-hydrogen) atoms. The van der Waals surface area contributed by atoms with Gasteiger partial charge in [-0.3, -0.25) is 9.78 Å². The van der Waals surface area contributed by atoms with E-state index in [9.17, 15) is 13.6 Å². The second-order valence-electron chi connectivity index (χ2n) is 4.97. The molecule has 1 amide bonds. The van der Waals surface area contributed by atoms with Crippen molar-refractivity contribution in [2.75, 3.05) is 5.73 Å². The topological polar surface area (TPSA) is 77.2 Å². The molecule has 0 spiro atoms. The number of halogens is 3. The lowest BCUT2D eigenvalue weighted by Gasteiger charge is -2.18. The molecule has 1 aromatic heterocycles. The minimum Gasteiger partial charge on any atom is -0.434 e. The molecular formula is C16H18ClF2N3O2. The maximum absolute atomic E-state index is 12.4. The van der Waals surface area contributed by atoms with E-state index in [1.165, 1.54) is 12.3 Å². The van der Waals surface area contributed by atoms with Crippen LogP contribution in [0.5, 0.6) is 5.75 Å². The van der Waals surface area contributed by atoms with Gasteiger partial charge in [0.15, 0.2) is 0 Å². The van der Waals surface area contributed by atoms with E-state index in [1.807, 2.05) is 0 Å². The van der Waals surface area contributed by atoms with Crippen LogP contribution in [0.15, 0.2) is 42.6 Å². The molecule has 1 heterocycles. The summed E-state index contributed by atoms with van der Waals surface area (Å²) < 4.78 is 29.3. The maximum Gasteiger partial charge on any atom is 0.387 e. The summed E-state index contributed by atoms with van der Waals surface area (Å²) in [6, 6.07) is 9.19. The molecule has 1 aromatic carbocycles. The van der Waals surface area contributed by atoms with Crippen LogP contribution in [0, 0.1) is 0 Å². The average molecular weight is 358 g/mol. The maximum atomic E-state index is 12.4. The molecule has 0 radical (unpaired) electrons.